The van der Waals surface area contributed by atoms with Gasteiger partial charge in [-0.3, -0.25) is 9.59 Å². The van der Waals surface area contributed by atoms with Gasteiger partial charge in [-0.2, -0.15) is 5.10 Å². The largest absolute Gasteiger partial charge is 0.480 e. The van der Waals surface area contributed by atoms with E-state index in [0.717, 1.165) is 23.4 Å². The number of primary amides is 1. The minimum absolute atomic E-state index is 0.133. The first kappa shape index (κ1) is 22.0. The SMILES string of the molecule is CCCc1cc(OCC(=O)OC)c2c(C(=O)C(N)=O)c(C)c(Cc3ccccc3)n2n1. The molecule has 3 aromatic rings. The predicted octanol–water partition coefficient (Wildman–Crippen LogP) is 2.41. The number of rotatable bonds is 9. The van der Waals surface area contributed by atoms with Gasteiger partial charge in [0.2, 0.25) is 0 Å². The van der Waals surface area contributed by atoms with Crippen LogP contribution in [0.1, 0.15) is 46.2 Å². The molecular weight excluding hydrogens is 398 g/mol. The Bertz CT molecular complexity index is 1140. The Morgan fingerprint density at radius 1 is 1.16 bits per heavy atom. The van der Waals surface area contributed by atoms with Crippen LogP contribution in [0.2, 0.25) is 0 Å². The molecule has 0 unspecified atom stereocenters. The van der Waals surface area contributed by atoms with E-state index < -0.39 is 17.7 Å². The molecule has 0 atom stereocenters. The maximum atomic E-state index is 12.7. The molecule has 0 spiro atoms. The smallest absolute Gasteiger partial charge is 0.343 e. The summed E-state index contributed by atoms with van der Waals surface area (Å²) in [6.45, 7) is 3.44. The molecule has 2 N–H and O–H groups in total. The zero-order valence-corrected chi connectivity index (χ0v) is 17.8. The van der Waals surface area contributed by atoms with Crippen LogP contribution in [-0.2, 0) is 27.2 Å². The predicted molar refractivity (Wildman–Crippen MR) is 114 cm³/mol. The van der Waals surface area contributed by atoms with E-state index in [2.05, 4.69) is 4.74 Å². The van der Waals surface area contributed by atoms with Crippen molar-refractivity contribution in [1.82, 2.24) is 9.61 Å². The summed E-state index contributed by atoms with van der Waals surface area (Å²) in [7, 11) is 1.26. The van der Waals surface area contributed by atoms with Gasteiger partial charge in [0.1, 0.15) is 11.3 Å². The summed E-state index contributed by atoms with van der Waals surface area (Å²) in [5.74, 6) is -2.20. The molecule has 2 heterocycles. The van der Waals surface area contributed by atoms with Gasteiger partial charge >= 0.3 is 5.97 Å². The Hall–Kier alpha value is -3.68. The quantitative estimate of drug-likeness (QED) is 0.321. The average Bonchev–Trinajstić information content (AvgIpc) is 3.03. The molecule has 1 aromatic carbocycles. The Morgan fingerprint density at radius 3 is 2.48 bits per heavy atom. The first-order chi connectivity index (χ1) is 14.9. The topological polar surface area (TPSA) is 113 Å². The lowest BCUT2D eigenvalue weighted by atomic mass is 10.0. The highest BCUT2D eigenvalue weighted by Gasteiger charge is 2.28. The van der Waals surface area contributed by atoms with Gasteiger partial charge in [-0.05, 0) is 24.5 Å². The first-order valence-electron chi connectivity index (χ1n) is 9.99. The minimum Gasteiger partial charge on any atom is -0.480 e. The summed E-state index contributed by atoms with van der Waals surface area (Å²) in [5.41, 5.74) is 8.86. The second kappa shape index (κ2) is 9.42. The number of esters is 1. The van der Waals surface area contributed by atoms with Crippen molar-refractivity contribution in [3.05, 3.63) is 64.5 Å². The van der Waals surface area contributed by atoms with Crippen LogP contribution in [0.5, 0.6) is 5.75 Å². The molecule has 0 fully saturated rings. The minimum atomic E-state index is -1.07. The van der Waals surface area contributed by atoms with Gasteiger partial charge in [0.05, 0.1) is 24.1 Å². The fraction of sp³-hybridized carbons (Fsp3) is 0.304. The van der Waals surface area contributed by atoms with Crippen LogP contribution >= 0.6 is 0 Å². The molecule has 31 heavy (non-hydrogen) atoms. The van der Waals surface area contributed by atoms with Gasteiger partial charge in [-0.25, -0.2) is 9.31 Å². The normalized spacial score (nSPS) is 10.8. The number of amides is 1. The number of methoxy groups -OCH3 is 1. The Labute approximate surface area is 179 Å². The Morgan fingerprint density at radius 2 is 1.87 bits per heavy atom. The molecule has 1 amide bonds. The standard InChI is InChI=1S/C23H25N3O5/c1-4-8-16-12-18(31-13-19(27)30-3)21-20(22(28)23(24)29)14(2)17(26(21)25-16)11-15-9-6-5-7-10-15/h5-7,9-10,12H,4,8,11,13H2,1-3H3,(H2,24,29). The molecule has 0 radical (unpaired) electrons. The number of aryl methyl sites for hydroxylation is 1. The van der Waals surface area contributed by atoms with Crippen LogP contribution < -0.4 is 10.5 Å². The summed E-state index contributed by atoms with van der Waals surface area (Å²) in [4.78, 5) is 36.2. The number of aromatic nitrogens is 2. The number of ether oxygens (including phenoxy) is 2. The van der Waals surface area contributed by atoms with Crippen LogP contribution in [0.25, 0.3) is 5.52 Å². The molecule has 2 aromatic heterocycles. The van der Waals surface area contributed by atoms with Crippen molar-refractivity contribution < 1.29 is 23.9 Å². The van der Waals surface area contributed by atoms with Gasteiger partial charge in [0.25, 0.3) is 11.7 Å². The lowest BCUT2D eigenvalue weighted by molar-refractivity contribution is -0.142. The highest BCUT2D eigenvalue weighted by atomic mass is 16.6. The number of hydrogen-bond donors (Lipinski definition) is 1. The number of carbonyl (C=O) groups is 3. The van der Waals surface area contributed by atoms with Gasteiger partial charge in [0, 0.05) is 12.5 Å². The molecule has 8 nitrogen and oxygen atoms in total. The molecule has 162 valence electrons. The van der Waals surface area contributed by atoms with E-state index in [1.165, 1.54) is 7.11 Å². The second-order valence-corrected chi connectivity index (χ2v) is 7.18. The van der Waals surface area contributed by atoms with E-state index >= 15 is 0 Å². The fourth-order valence-electron chi connectivity index (χ4n) is 3.52. The van der Waals surface area contributed by atoms with Gasteiger partial charge in [-0.1, -0.05) is 43.7 Å². The first-order valence-corrected chi connectivity index (χ1v) is 9.99. The van der Waals surface area contributed by atoms with Crippen molar-refractivity contribution in [3.63, 3.8) is 0 Å². The Kier molecular flexibility index (Phi) is 6.69. The van der Waals surface area contributed by atoms with E-state index in [4.69, 9.17) is 15.6 Å². The molecule has 0 aliphatic rings. The van der Waals surface area contributed by atoms with Crippen molar-refractivity contribution in [1.29, 1.82) is 0 Å². The third-order valence-corrected chi connectivity index (χ3v) is 5.02. The van der Waals surface area contributed by atoms with Crippen LogP contribution in [0.4, 0.5) is 0 Å². The Balaban J connectivity index is 2.28. The number of ketones is 1. The third kappa shape index (κ3) is 4.58. The maximum Gasteiger partial charge on any atom is 0.343 e. The second-order valence-electron chi connectivity index (χ2n) is 7.18. The number of nitrogens with two attached hydrogens (primary N) is 1. The highest BCUT2D eigenvalue weighted by Crippen LogP contribution is 2.32. The van der Waals surface area contributed by atoms with E-state index in [-0.39, 0.29) is 17.9 Å². The summed E-state index contributed by atoms with van der Waals surface area (Å²) in [6.07, 6.45) is 2.00. The van der Waals surface area contributed by atoms with Crippen molar-refractivity contribution in [2.24, 2.45) is 5.73 Å². The fourth-order valence-corrected chi connectivity index (χ4v) is 3.52. The average molecular weight is 423 g/mol. The number of Topliss-reactive ketones (excluding diaryl/α,β-unsaturated/α-hetero) is 1. The molecule has 0 aliphatic carbocycles. The maximum absolute atomic E-state index is 12.7. The van der Waals surface area contributed by atoms with Gasteiger partial charge < -0.3 is 15.2 Å². The van der Waals surface area contributed by atoms with Crippen molar-refractivity contribution in [2.75, 3.05) is 13.7 Å². The molecule has 0 saturated carbocycles. The van der Waals surface area contributed by atoms with Crippen LogP contribution in [-0.4, -0.2) is 41.0 Å². The summed E-state index contributed by atoms with van der Waals surface area (Å²) in [6, 6.07) is 11.4. The zero-order valence-electron chi connectivity index (χ0n) is 17.8. The zero-order chi connectivity index (χ0) is 22.5. The van der Waals surface area contributed by atoms with E-state index in [0.29, 0.717) is 23.9 Å². The van der Waals surface area contributed by atoms with Crippen LogP contribution in [0.15, 0.2) is 36.4 Å². The van der Waals surface area contributed by atoms with Crippen LogP contribution in [0.3, 0.4) is 0 Å². The van der Waals surface area contributed by atoms with Gasteiger partial charge in [0.15, 0.2) is 6.61 Å². The molecule has 0 saturated heterocycles. The molecule has 0 aliphatic heterocycles. The lowest BCUT2D eigenvalue weighted by Gasteiger charge is -2.11. The third-order valence-electron chi connectivity index (χ3n) is 5.02. The van der Waals surface area contributed by atoms with E-state index in [1.807, 2.05) is 37.3 Å². The number of benzene rings is 1. The summed E-state index contributed by atoms with van der Waals surface area (Å²) >= 11 is 0. The monoisotopic (exact) mass is 423 g/mol. The molecule has 8 heteroatoms. The number of nitrogens with zero attached hydrogens (tertiary/aromatic N) is 2. The molecule has 3 rings (SSSR count). The molecular formula is C23H25N3O5. The van der Waals surface area contributed by atoms with Crippen molar-refractivity contribution in [2.45, 2.75) is 33.1 Å². The van der Waals surface area contributed by atoms with Crippen molar-refractivity contribution >= 4 is 23.2 Å². The lowest BCUT2D eigenvalue weighted by Crippen LogP contribution is -2.24. The van der Waals surface area contributed by atoms with E-state index in [1.54, 1.807) is 17.5 Å². The summed E-state index contributed by atoms with van der Waals surface area (Å²) < 4.78 is 12.0. The highest BCUT2D eigenvalue weighted by molar-refractivity contribution is 6.44. The molecule has 0 bridgehead atoms. The van der Waals surface area contributed by atoms with Crippen LogP contribution in [0, 0.1) is 6.92 Å². The number of fused-ring (bicyclic) bond motifs is 1. The van der Waals surface area contributed by atoms with Gasteiger partial charge in [-0.15, -0.1) is 0 Å². The number of carbonyl (C=O) groups excluding carboxylic acids is 3. The van der Waals surface area contributed by atoms with Crippen molar-refractivity contribution in [3.8, 4) is 5.75 Å². The summed E-state index contributed by atoms with van der Waals surface area (Å²) in [5, 5.41) is 4.71. The van der Waals surface area contributed by atoms with E-state index in [9.17, 15) is 14.4 Å². The number of hydrogen-bond acceptors (Lipinski definition) is 6.